The van der Waals surface area contributed by atoms with Crippen LogP contribution in [0.3, 0.4) is 0 Å². The second-order valence-corrected chi connectivity index (χ2v) is 8.57. The molecule has 0 aliphatic heterocycles. The van der Waals surface area contributed by atoms with Gasteiger partial charge in [0.25, 0.3) is 0 Å². The van der Waals surface area contributed by atoms with E-state index in [2.05, 4.69) is 5.32 Å². The van der Waals surface area contributed by atoms with Crippen LogP contribution in [0.15, 0.2) is 47.4 Å². The predicted octanol–water partition coefficient (Wildman–Crippen LogP) is 2.99. The molecule has 26 heavy (non-hydrogen) atoms. The normalized spacial score (nSPS) is 21.3. The van der Waals surface area contributed by atoms with Crippen molar-refractivity contribution in [2.75, 3.05) is 5.32 Å². The van der Waals surface area contributed by atoms with Crippen molar-refractivity contribution in [2.24, 2.45) is 16.5 Å². The van der Waals surface area contributed by atoms with Crippen LogP contribution < -0.4 is 10.5 Å². The van der Waals surface area contributed by atoms with Gasteiger partial charge in [0.1, 0.15) is 0 Å². The van der Waals surface area contributed by atoms with Crippen LogP contribution in [0.2, 0.25) is 0 Å². The fourth-order valence-electron chi connectivity index (χ4n) is 3.41. The highest BCUT2D eigenvalue weighted by atomic mass is 32.2. The van der Waals surface area contributed by atoms with Crippen LogP contribution >= 0.6 is 0 Å². The van der Waals surface area contributed by atoms with Gasteiger partial charge in [0.05, 0.1) is 10.8 Å². The molecule has 0 bridgehead atoms. The van der Waals surface area contributed by atoms with Crippen molar-refractivity contribution in [3.8, 4) is 0 Å². The topological polar surface area (TPSA) is 89.3 Å². The Hall–Kier alpha value is -2.32. The molecule has 3 rings (SSSR count). The van der Waals surface area contributed by atoms with Crippen LogP contribution in [-0.2, 0) is 14.8 Å². The van der Waals surface area contributed by atoms with Gasteiger partial charge in [0.15, 0.2) is 11.6 Å². The van der Waals surface area contributed by atoms with E-state index in [1.807, 2.05) is 13.8 Å². The van der Waals surface area contributed by atoms with Gasteiger partial charge in [-0.25, -0.2) is 22.3 Å². The quantitative estimate of drug-likeness (QED) is 0.855. The Morgan fingerprint density at radius 2 is 1.69 bits per heavy atom. The third-order valence-corrected chi connectivity index (χ3v) is 5.79. The minimum Gasteiger partial charge on any atom is -0.326 e. The van der Waals surface area contributed by atoms with Crippen LogP contribution in [0.25, 0.3) is 0 Å². The van der Waals surface area contributed by atoms with Crippen LogP contribution in [0, 0.1) is 23.0 Å². The molecule has 2 aromatic carbocycles. The molecule has 8 heteroatoms. The molecule has 1 aliphatic carbocycles. The first-order valence-electron chi connectivity index (χ1n) is 7.90. The summed E-state index contributed by atoms with van der Waals surface area (Å²) in [5, 5.41) is 7.69. The Morgan fingerprint density at radius 3 is 2.23 bits per heavy atom. The van der Waals surface area contributed by atoms with Gasteiger partial charge in [-0.15, -0.1) is 0 Å². The summed E-state index contributed by atoms with van der Waals surface area (Å²) in [6, 6.07) is 9.26. The Balaban J connectivity index is 1.78. The number of nitrogens with two attached hydrogens (primary N) is 1. The molecule has 1 aliphatic rings. The van der Waals surface area contributed by atoms with Gasteiger partial charge in [-0.1, -0.05) is 26.0 Å². The van der Waals surface area contributed by atoms with Gasteiger partial charge in [-0.05, 0) is 35.2 Å². The van der Waals surface area contributed by atoms with E-state index in [9.17, 15) is 22.0 Å². The van der Waals surface area contributed by atoms with E-state index in [1.165, 1.54) is 18.2 Å². The molecule has 5 nitrogen and oxygen atoms in total. The number of amides is 1. The average molecular weight is 380 g/mol. The van der Waals surface area contributed by atoms with Crippen LogP contribution in [0.4, 0.5) is 14.5 Å². The summed E-state index contributed by atoms with van der Waals surface area (Å²) < 4.78 is 49.0. The van der Waals surface area contributed by atoms with E-state index in [0.29, 0.717) is 0 Å². The van der Waals surface area contributed by atoms with Crippen molar-refractivity contribution < 1.29 is 22.0 Å². The first-order valence-corrected chi connectivity index (χ1v) is 9.45. The van der Waals surface area contributed by atoms with Gasteiger partial charge >= 0.3 is 0 Å². The molecular formula is C18H18F2N2O3S. The molecule has 1 saturated carbocycles. The second kappa shape index (κ2) is 6.14. The number of hydrogen-bond acceptors (Lipinski definition) is 3. The summed E-state index contributed by atoms with van der Waals surface area (Å²) in [4.78, 5) is 12.6. The van der Waals surface area contributed by atoms with Crippen LogP contribution in [0.1, 0.15) is 25.3 Å². The molecule has 2 aromatic rings. The number of rotatable bonds is 4. The van der Waals surface area contributed by atoms with Crippen molar-refractivity contribution >= 4 is 21.6 Å². The minimum atomic E-state index is -3.78. The molecular weight excluding hydrogens is 362 g/mol. The Bertz CT molecular complexity index is 972. The Kier molecular flexibility index (Phi) is 4.36. The zero-order valence-corrected chi connectivity index (χ0v) is 15.0. The summed E-state index contributed by atoms with van der Waals surface area (Å²) in [7, 11) is -3.78. The molecule has 0 radical (unpaired) electrons. The first kappa shape index (κ1) is 18.5. The highest BCUT2D eigenvalue weighted by molar-refractivity contribution is 7.89. The molecule has 0 spiro atoms. The number of anilines is 1. The van der Waals surface area contributed by atoms with E-state index < -0.39 is 21.7 Å². The standard InChI is InChI=1S/C18H18F2N2O3S/c1-18(2)15(10-3-6-12(7-4-10)26(21,24)25)16(18)17(23)22-11-5-8-13(19)14(20)9-11/h3-9,15-16H,1-2H3,(H,22,23)(H2,21,24,25)/t15-,16+/m0/s1. The molecule has 0 aromatic heterocycles. The van der Waals surface area contributed by atoms with Gasteiger partial charge in [0.2, 0.25) is 15.9 Å². The maximum atomic E-state index is 13.3. The third-order valence-electron chi connectivity index (χ3n) is 4.86. The molecule has 1 amide bonds. The van der Waals surface area contributed by atoms with Crippen molar-refractivity contribution in [1.29, 1.82) is 0 Å². The molecule has 2 atom stereocenters. The number of halogens is 2. The molecule has 0 unspecified atom stereocenters. The maximum Gasteiger partial charge on any atom is 0.238 e. The largest absolute Gasteiger partial charge is 0.326 e. The van der Waals surface area contributed by atoms with Crippen LogP contribution in [-0.4, -0.2) is 14.3 Å². The average Bonchev–Trinajstić information content (AvgIpc) is 3.13. The molecule has 1 fully saturated rings. The Labute approximate surface area is 150 Å². The lowest BCUT2D eigenvalue weighted by molar-refractivity contribution is -0.118. The lowest BCUT2D eigenvalue weighted by Gasteiger charge is -2.06. The molecule has 0 saturated heterocycles. The lowest BCUT2D eigenvalue weighted by atomic mass is 10.0. The van der Waals surface area contributed by atoms with Gasteiger partial charge in [-0.3, -0.25) is 4.79 Å². The smallest absolute Gasteiger partial charge is 0.238 e. The van der Waals surface area contributed by atoms with E-state index in [0.717, 1.165) is 17.7 Å². The fraction of sp³-hybridized carbons (Fsp3) is 0.278. The highest BCUT2D eigenvalue weighted by Gasteiger charge is 2.62. The van der Waals surface area contributed by atoms with Gasteiger partial charge in [-0.2, -0.15) is 0 Å². The number of nitrogens with one attached hydrogen (secondary N) is 1. The third kappa shape index (κ3) is 3.34. The van der Waals surface area contributed by atoms with Gasteiger partial charge < -0.3 is 5.32 Å². The predicted molar refractivity (Wildman–Crippen MR) is 92.8 cm³/mol. The Morgan fingerprint density at radius 1 is 1.08 bits per heavy atom. The molecule has 138 valence electrons. The summed E-state index contributed by atoms with van der Waals surface area (Å²) in [5.74, 6) is -2.82. The first-order chi connectivity index (χ1) is 12.0. The SMILES string of the molecule is CC1(C)[C@@H](C(=O)Nc2ccc(F)c(F)c2)[C@@H]1c1ccc(S(N)(=O)=O)cc1. The zero-order valence-electron chi connectivity index (χ0n) is 14.2. The highest BCUT2D eigenvalue weighted by Crippen LogP contribution is 2.64. The van der Waals surface area contributed by atoms with Gasteiger partial charge in [0, 0.05) is 17.7 Å². The summed E-state index contributed by atoms with van der Waals surface area (Å²) in [5.41, 5.74) is 0.638. The van der Waals surface area contributed by atoms with E-state index in [4.69, 9.17) is 5.14 Å². The molecule has 3 N–H and O–H groups in total. The second-order valence-electron chi connectivity index (χ2n) is 7.01. The van der Waals surface area contributed by atoms with Crippen molar-refractivity contribution in [2.45, 2.75) is 24.7 Å². The summed E-state index contributed by atoms with van der Waals surface area (Å²) in [6.07, 6.45) is 0. The minimum absolute atomic E-state index is 0.00231. The van der Waals surface area contributed by atoms with E-state index in [1.54, 1.807) is 12.1 Å². The summed E-state index contributed by atoms with van der Waals surface area (Å²) >= 11 is 0. The monoisotopic (exact) mass is 380 g/mol. The number of hydrogen-bond donors (Lipinski definition) is 2. The van der Waals surface area contributed by atoms with Crippen molar-refractivity contribution in [1.82, 2.24) is 0 Å². The number of carbonyl (C=O) groups is 1. The number of primary sulfonamides is 1. The summed E-state index contributed by atoms with van der Waals surface area (Å²) in [6.45, 7) is 3.83. The van der Waals surface area contributed by atoms with E-state index >= 15 is 0 Å². The zero-order chi connectivity index (χ0) is 19.3. The fourth-order valence-corrected chi connectivity index (χ4v) is 3.92. The number of benzene rings is 2. The number of carbonyl (C=O) groups excluding carboxylic acids is 1. The molecule has 0 heterocycles. The maximum absolute atomic E-state index is 13.3. The lowest BCUT2D eigenvalue weighted by Crippen LogP contribution is -2.17. The number of sulfonamides is 1. The van der Waals surface area contributed by atoms with Crippen molar-refractivity contribution in [3.63, 3.8) is 0 Å². The van der Waals surface area contributed by atoms with Crippen LogP contribution in [0.5, 0.6) is 0 Å². The van der Waals surface area contributed by atoms with Crippen molar-refractivity contribution in [3.05, 3.63) is 59.7 Å². The van der Waals surface area contributed by atoms with E-state index in [-0.39, 0.29) is 33.7 Å².